The maximum absolute atomic E-state index is 5.80. The van der Waals surface area contributed by atoms with Crippen molar-refractivity contribution in [2.75, 3.05) is 18.5 Å². The molecule has 0 saturated carbocycles. The van der Waals surface area contributed by atoms with Crippen LogP contribution in [-0.2, 0) is 4.74 Å². The van der Waals surface area contributed by atoms with E-state index in [-0.39, 0.29) is 0 Å². The van der Waals surface area contributed by atoms with E-state index in [1.807, 2.05) is 0 Å². The van der Waals surface area contributed by atoms with E-state index in [0.29, 0.717) is 17.1 Å². The van der Waals surface area contributed by atoms with Crippen molar-refractivity contribution in [2.45, 2.75) is 25.8 Å². The molecular formula is C11H16ClN3O. The number of ether oxygens (including phenoxy) is 1. The molecule has 2 rings (SSSR count). The van der Waals surface area contributed by atoms with Crippen LogP contribution in [0.15, 0.2) is 12.4 Å². The zero-order valence-corrected chi connectivity index (χ0v) is 10.1. The zero-order chi connectivity index (χ0) is 11.4. The zero-order valence-electron chi connectivity index (χ0n) is 9.32. The van der Waals surface area contributed by atoms with E-state index in [0.717, 1.165) is 31.9 Å². The Morgan fingerprint density at radius 2 is 2.19 bits per heavy atom. The lowest BCUT2D eigenvalue weighted by atomic mass is 9.93. The van der Waals surface area contributed by atoms with Gasteiger partial charge in [0.05, 0.1) is 0 Å². The van der Waals surface area contributed by atoms with Crippen molar-refractivity contribution in [1.29, 1.82) is 0 Å². The first-order valence-corrected chi connectivity index (χ1v) is 5.95. The highest BCUT2D eigenvalue weighted by Crippen LogP contribution is 2.21. The summed E-state index contributed by atoms with van der Waals surface area (Å²) >= 11 is 5.80. The highest BCUT2D eigenvalue weighted by atomic mass is 35.5. The fourth-order valence-electron chi connectivity index (χ4n) is 1.98. The fourth-order valence-corrected chi connectivity index (χ4v) is 2.13. The van der Waals surface area contributed by atoms with Crippen molar-refractivity contribution in [2.24, 2.45) is 5.92 Å². The summed E-state index contributed by atoms with van der Waals surface area (Å²) in [7, 11) is 0. The summed E-state index contributed by atoms with van der Waals surface area (Å²) in [6.07, 6.45) is 3.68. The Morgan fingerprint density at radius 1 is 1.44 bits per heavy atom. The Hall–Kier alpha value is -0.870. The topological polar surface area (TPSA) is 47.0 Å². The summed E-state index contributed by atoms with van der Waals surface area (Å²) in [5.41, 5.74) is 0. The van der Waals surface area contributed by atoms with Crippen molar-refractivity contribution in [1.82, 2.24) is 9.97 Å². The largest absolute Gasteiger partial charge is 0.381 e. The van der Waals surface area contributed by atoms with Gasteiger partial charge in [0.2, 0.25) is 0 Å². The molecule has 0 bridgehead atoms. The number of rotatable bonds is 3. The minimum Gasteiger partial charge on any atom is -0.381 e. The molecule has 1 aromatic heterocycles. The molecule has 1 saturated heterocycles. The Bertz CT molecular complexity index is 342. The van der Waals surface area contributed by atoms with Gasteiger partial charge in [0.15, 0.2) is 0 Å². The van der Waals surface area contributed by atoms with Gasteiger partial charge in [-0.25, -0.2) is 9.97 Å². The predicted octanol–water partition coefficient (Wildman–Crippen LogP) is 2.36. The lowest BCUT2D eigenvalue weighted by Crippen LogP contribution is -2.31. The summed E-state index contributed by atoms with van der Waals surface area (Å²) in [6.45, 7) is 3.90. The van der Waals surface area contributed by atoms with Crippen LogP contribution in [0.2, 0.25) is 5.15 Å². The van der Waals surface area contributed by atoms with Crippen LogP contribution in [0.5, 0.6) is 0 Å². The monoisotopic (exact) mass is 241 g/mol. The van der Waals surface area contributed by atoms with Crippen LogP contribution in [0.25, 0.3) is 0 Å². The van der Waals surface area contributed by atoms with Crippen LogP contribution in [0.1, 0.15) is 19.8 Å². The second-order valence-corrected chi connectivity index (χ2v) is 4.50. The first kappa shape index (κ1) is 11.6. The van der Waals surface area contributed by atoms with Crippen LogP contribution in [0, 0.1) is 5.92 Å². The van der Waals surface area contributed by atoms with E-state index in [2.05, 4.69) is 22.2 Å². The SMILES string of the molecule is CC(Nc1cc(Cl)ncn1)C1CCOCC1. The number of anilines is 1. The molecule has 0 aliphatic carbocycles. The predicted molar refractivity (Wildman–Crippen MR) is 63.7 cm³/mol. The van der Waals surface area contributed by atoms with Gasteiger partial charge in [-0.3, -0.25) is 0 Å². The van der Waals surface area contributed by atoms with Crippen LogP contribution in [0.4, 0.5) is 5.82 Å². The van der Waals surface area contributed by atoms with Crippen LogP contribution in [-0.4, -0.2) is 29.2 Å². The first-order chi connectivity index (χ1) is 7.75. The van der Waals surface area contributed by atoms with Gasteiger partial charge in [-0.1, -0.05) is 11.6 Å². The molecule has 1 aliphatic heterocycles. The molecule has 1 N–H and O–H groups in total. The van der Waals surface area contributed by atoms with Gasteiger partial charge in [0.1, 0.15) is 17.3 Å². The highest BCUT2D eigenvalue weighted by molar-refractivity contribution is 6.29. The molecule has 1 atom stereocenters. The molecule has 16 heavy (non-hydrogen) atoms. The third-order valence-corrected chi connectivity index (χ3v) is 3.19. The van der Waals surface area contributed by atoms with Crippen molar-refractivity contribution in [3.63, 3.8) is 0 Å². The third-order valence-electron chi connectivity index (χ3n) is 2.98. The molecule has 1 aliphatic rings. The summed E-state index contributed by atoms with van der Waals surface area (Å²) in [5.74, 6) is 1.43. The Kier molecular flexibility index (Phi) is 3.96. The minimum atomic E-state index is 0.384. The smallest absolute Gasteiger partial charge is 0.134 e. The normalized spacial score (nSPS) is 19.4. The lowest BCUT2D eigenvalue weighted by molar-refractivity contribution is 0.0622. The summed E-state index contributed by atoms with van der Waals surface area (Å²) in [6, 6.07) is 2.13. The molecule has 1 unspecified atom stereocenters. The molecule has 1 aromatic rings. The minimum absolute atomic E-state index is 0.384. The van der Waals surface area contributed by atoms with E-state index in [1.54, 1.807) is 6.07 Å². The van der Waals surface area contributed by atoms with E-state index < -0.39 is 0 Å². The molecule has 0 spiro atoms. The molecule has 88 valence electrons. The van der Waals surface area contributed by atoms with Gasteiger partial charge in [-0.15, -0.1) is 0 Å². The van der Waals surface area contributed by atoms with Crippen molar-refractivity contribution in [3.8, 4) is 0 Å². The molecule has 4 nitrogen and oxygen atoms in total. The number of hydrogen-bond acceptors (Lipinski definition) is 4. The molecule has 2 heterocycles. The summed E-state index contributed by atoms with van der Waals surface area (Å²) in [5, 5.41) is 3.83. The summed E-state index contributed by atoms with van der Waals surface area (Å²) in [4.78, 5) is 7.99. The Balaban J connectivity index is 1.93. The molecule has 1 fully saturated rings. The second-order valence-electron chi connectivity index (χ2n) is 4.11. The van der Waals surface area contributed by atoms with Gasteiger partial charge in [0, 0.05) is 25.3 Å². The van der Waals surface area contributed by atoms with Crippen molar-refractivity contribution < 1.29 is 4.74 Å². The standard InChI is InChI=1S/C11H16ClN3O/c1-8(9-2-4-16-5-3-9)15-11-6-10(12)13-7-14-11/h6-9H,2-5H2,1H3,(H,13,14,15). The van der Waals surface area contributed by atoms with E-state index >= 15 is 0 Å². The van der Waals surface area contributed by atoms with Crippen LogP contribution >= 0.6 is 11.6 Å². The maximum atomic E-state index is 5.80. The molecule has 5 heteroatoms. The van der Waals surface area contributed by atoms with E-state index in [4.69, 9.17) is 16.3 Å². The van der Waals surface area contributed by atoms with Gasteiger partial charge in [-0.05, 0) is 25.7 Å². The maximum Gasteiger partial charge on any atom is 0.134 e. The number of hydrogen-bond donors (Lipinski definition) is 1. The fraction of sp³-hybridized carbons (Fsp3) is 0.636. The summed E-state index contributed by atoms with van der Waals surface area (Å²) < 4.78 is 5.34. The number of aromatic nitrogens is 2. The average Bonchev–Trinajstić information content (AvgIpc) is 2.30. The number of nitrogens with zero attached hydrogens (tertiary/aromatic N) is 2. The average molecular weight is 242 g/mol. The lowest BCUT2D eigenvalue weighted by Gasteiger charge is -2.28. The van der Waals surface area contributed by atoms with E-state index in [9.17, 15) is 0 Å². The second kappa shape index (κ2) is 5.46. The Labute approximate surface area is 100 Å². The first-order valence-electron chi connectivity index (χ1n) is 5.57. The molecule has 0 aromatic carbocycles. The van der Waals surface area contributed by atoms with Gasteiger partial charge >= 0.3 is 0 Å². The van der Waals surface area contributed by atoms with Gasteiger partial charge in [-0.2, -0.15) is 0 Å². The number of halogens is 1. The van der Waals surface area contributed by atoms with Crippen LogP contribution < -0.4 is 5.32 Å². The quantitative estimate of drug-likeness (QED) is 0.826. The van der Waals surface area contributed by atoms with Crippen molar-refractivity contribution >= 4 is 17.4 Å². The molecular weight excluding hydrogens is 226 g/mol. The van der Waals surface area contributed by atoms with Crippen molar-refractivity contribution in [3.05, 3.63) is 17.5 Å². The Morgan fingerprint density at radius 3 is 2.88 bits per heavy atom. The molecule has 0 radical (unpaired) electrons. The number of nitrogens with one attached hydrogen (secondary N) is 1. The highest BCUT2D eigenvalue weighted by Gasteiger charge is 2.20. The van der Waals surface area contributed by atoms with Crippen LogP contribution in [0.3, 0.4) is 0 Å². The third kappa shape index (κ3) is 3.06. The van der Waals surface area contributed by atoms with Gasteiger partial charge in [0.25, 0.3) is 0 Å². The van der Waals surface area contributed by atoms with Gasteiger partial charge < -0.3 is 10.1 Å². The molecule has 0 amide bonds. The van der Waals surface area contributed by atoms with E-state index in [1.165, 1.54) is 6.33 Å².